The Bertz CT molecular complexity index is 192. The quantitative estimate of drug-likeness (QED) is 0.522. The second-order valence-electron chi connectivity index (χ2n) is 4.54. The topological polar surface area (TPSA) is 29.5 Å². The van der Waals surface area contributed by atoms with Crippen LogP contribution in [0.15, 0.2) is 12.2 Å². The Kier molecular flexibility index (Phi) is 7.98. The van der Waals surface area contributed by atoms with Crippen LogP contribution in [-0.2, 0) is 4.43 Å². The van der Waals surface area contributed by atoms with Gasteiger partial charge in [0.1, 0.15) is 0 Å². The van der Waals surface area contributed by atoms with Gasteiger partial charge in [-0.2, -0.15) is 0 Å². The van der Waals surface area contributed by atoms with Crippen molar-refractivity contribution in [2.45, 2.75) is 58.9 Å². The zero-order chi connectivity index (χ0) is 12.6. The minimum absolute atomic E-state index is 0.120. The van der Waals surface area contributed by atoms with Crippen LogP contribution in [0, 0.1) is 5.92 Å². The molecule has 2 atom stereocenters. The van der Waals surface area contributed by atoms with Gasteiger partial charge in [0, 0.05) is 6.10 Å². The van der Waals surface area contributed by atoms with Crippen molar-refractivity contribution in [1.82, 2.24) is 0 Å². The van der Waals surface area contributed by atoms with Gasteiger partial charge in [-0.1, -0.05) is 39.8 Å². The largest absolute Gasteiger partial charge is 0.414 e. The molecule has 0 aromatic heterocycles. The second kappa shape index (κ2) is 8.04. The molecule has 0 heterocycles. The Hall–Kier alpha value is -0.123. The van der Waals surface area contributed by atoms with Crippen molar-refractivity contribution in [2.24, 2.45) is 5.92 Å². The molecule has 0 radical (unpaired) electrons. The standard InChI is InChI=1S/C13H28O2Si/c1-6-16(7-2,8-3)15-13(5)12(4)10-9-11-14/h9-10,12-14H,6-8,11H2,1-5H3/b10-9-/t12-,13+/m1/s1. The maximum atomic E-state index is 8.75. The van der Waals surface area contributed by atoms with Gasteiger partial charge in [-0.05, 0) is 31.0 Å². The van der Waals surface area contributed by atoms with Gasteiger partial charge in [-0.15, -0.1) is 0 Å². The molecule has 3 heteroatoms. The first-order chi connectivity index (χ1) is 7.55. The Morgan fingerprint density at radius 1 is 1.12 bits per heavy atom. The van der Waals surface area contributed by atoms with E-state index < -0.39 is 8.32 Å². The van der Waals surface area contributed by atoms with E-state index in [4.69, 9.17) is 9.53 Å². The number of hydrogen-bond acceptors (Lipinski definition) is 2. The summed E-state index contributed by atoms with van der Waals surface area (Å²) in [6, 6.07) is 3.59. The van der Waals surface area contributed by atoms with E-state index in [1.807, 2.05) is 6.08 Å². The predicted octanol–water partition coefficient (Wildman–Crippen LogP) is 3.58. The monoisotopic (exact) mass is 244 g/mol. The van der Waals surface area contributed by atoms with Crippen molar-refractivity contribution in [3.63, 3.8) is 0 Å². The second-order valence-corrected chi connectivity index (χ2v) is 9.26. The third-order valence-electron chi connectivity index (χ3n) is 3.65. The van der Waals surface area contributed by atoms with Gasteiger partial charge >= 0.3 is 0 Å². The number of aliphatic hydroxyl groups is 1. The highest BCUT2D eigenvalue weighted by Crippen LogP contribution is 2.25. The first kappa shape index (κ1) is 15.9. The summed E-state index contributed by atoms with van der Waals surface area (Å²) >= 11 is 0. The minimum Gasteiger partial charge on any atom is -0.414 e. The fourth-order valence-corrected chi connectivity index (χ4v) is 4.94. The van der Waals surface area contributed by atoms with Crippen LogP contribution in [0.2, 0.25) is 18.1 Å². The van der Waals surface area contributed by atoms with E-state index in [-0.39, 0.29) is 12.7 Å². The SMILES string of the molecule is CC[Si](CC)(CC)O[C@@H](C)[C@H](C)/C=C\CO. The van der Waals surface area contributed by atoms with Crippen LogP contribution in [0.4, 0.5) is 0 Å². The fraction of sp³-hybridized carbons (Fsp3) is 0.846. The van der Waals surface area contributed by atoms with Crippen molar-refractivity contribution < 1.29 is 9.53 Å². The van der Waals surface area contributed by atoms with Crippen LogP contribution in [0.25, 0.3) is 0 Å². The maximum absolute atomic E-state index is 8.75. The van der Waals surface area contributed by atoms with Crippen LogP contribution >= 0.6 is 0 Å². The molecule has 0 bridgehead atoms. The summed E-state index contributed by atoms with van der Waals surface area (Å²) in [6.07, 6.45) is 4.11. The lowest BCUT2D eigenvalue weighted by Gasteiger charge is -2.33. The molecule has 0 rings (SSSR count). The third kappa shape index (κ3) is 4.81. The van der Waals surface area contributed by atoms with Crippen LogP contribution in [0.3, 0.4) is 0 Å². The van der Waals surface area contributed by atoms with Crippen molar-refractivity contribution >= 4 is 8.32 Å². The average molecular weight is 244 g/mol. The van der Waals surface area contributed by atoms with Crippen LogP contribution < -0.4 is 0 Å². The molecule has 0 fully saturated rings. The minimum atomic E-state index is -1.48. The van der Waals surface area contributed by atoms with Gasteiger partial charge in [-0.25, -0.2) is 0 Å². The lowest BCUT2D eigenvalue weighted by molar-refractivity contribution is 0.168. The van der Waals surface area contributed by atoms with E-state index >= 15 is 0 Å². The molecule has 0 unspecified atom stereocenters. The highest BCUT2D eigenvalue weighted by molar-refractivity contribution is 6.73. The summed E-state index contributed by atoms with van der Waals surface area (Å²) in [6.45, 7) is 11.2. The number of aliphatic hydroxyl groups excluding tert-OH is 1. The van der Waals surface area contributed by atoms with E-state index in [0.29, 0.717) is 5.92 Å². The van der Waals surface area contributed by atoms with Crippen LogP contribution in [0.1, 0.15) is 34.6 Å². The van der Waals surface area contributed by atoms with E-state index in [2.05, 4.69) is 34.6 Å². The molecule has 0 aliphatic carbocycles. The summed E-state index contributed by atoms with van der Waals surface area (Å²) < 4.78 is 6.35. The number of hydrogen-bond donors (Lipinski definition) is 1. The summed E-state index contributed by atoms with van der Waals surface area (Å²) in [4.78, 5) is 0. The molecule has 1 N–H and O–H groups in total. The van der Waals surface area contributed by atoms with Gasteiger partial charge in [0.2, 0.25) is 0 Å². The molecule has 96 valence electrons. The predicted molar refractivity (Wildman–Crippen MR) is 73.1 cm³/mol. The molecule has 0 spiro atoms. The van der Waals surface area contributed by atoms with Crippen molar-refractivity contribution in [3.8, 4) is 0 Å². The zero-order valence-electron chi connectivity index (χ0n) is 11.5. The summed E-state index contributed by atoms with van der Waals surface area (Å²) in [5, 5.41) is 8.75. The van der Waals surface area contributed by atoms with Gasteiger partial charge < -0.3 is 9.53 Å². The molecular formula is C13H28O2Si. The summed E-state index contributed by atoms with van der Waals surface area (Å²) in [7, 11) is -1.48. The molecule has 16 heavy (non-hydrogen) atoms. The molecule has 0 aromatic carbocycles. The average Bonchev–Trinajstić information content (AvgIpc) is 2.32. The van der Waals surface area contributed by atoms with E-state index in [9.17, 15) is 0 Å². The van der Waals surface area contributed by atoms with E-state index in [1.165, 1.54) is 18.1 Å². The van der Waals surface area contributed by atoms with E-state index in [0.717, 1.165) is 0 Å². The fourth-order valence-electron chi connectivity index (χ4n) is 1.93. The lowest BCUT2D eigenvalue weighted by Crippen LogP contribution is -2.40. The van der Waals surface area contributed by atoms with Crippen LogP contribution in [-0.4, -0.2) is 26.1 Å². The smallest absolute Gasteiger partial charge is 0.192 e. The Morgan fingerprint density at radius 3 is 2.00 bits per heavy atom. The molecule has 0 saturated heterocycles. The van der Waals surface area contributed by atoms with Gasteiger partial charge in [0.25, 0.3) is 0 Å². The maximum Gasteiger partial charge on any atom is 0.192 e. The lowest BCUT2D eigenvalue weighted by atomic mass is 10.1. The van der Waals surface area contributed by atoms with Gasteiger partial charge in [0.15, 0.2) is 8.32 Å². The first-order valence-corrected chi connectivity index (χ1v) is 9.03. The van der Waals surface area contributed by atoms with Crippen molar-refractivity contribution in [2.75, 3.05) is 6.61 Å². The third-order valence-corrected chi connectivity index (χ3v) is 8.39. The van der Waals surface area contributed by atoms with Crippen LogP contribution in [0.5, 0.6) is 0 Å². The van der Waals surface area contributed by atoms with Gasteiger partial charge in [-0.3, -0.25) is 0 Å². The molecule has 0 aliphatic heterocycles. The van der Waals surface area contributed by atoms with Crippen molar-refractivity contribution in [3.05, 3.63) is 12.2 Å². The summed E-state index contributed by atoms with van der Waals surface area (Å²) in [5.41, 5.74) is 0. The Balaban J connectivity index is 4.39. The van der Waals surface area contributed by atoms with Crippen molar-refractivity contribution in [1.29, 1.82) is 0 Å². The first-order valence-electron chi connectivity index (χ1n) is 6.50. The Morgan fingerprint density at radius 2 is 1.62 bits per heavy atom. The highest BCUT2D eigenvalue weighted by atomic mass is 28.4. The molecule has 0 saturated carbocycles. The molecule has 0 aliphatic rings. The molecule has 0 aromatic rings. The summed E-state index contributed by atoms with van der Waals surface area (Å²) in [5.74, 6) is 0.378. The number of rotatable bonds is 8. The van der Waals surface area contributed by atoms with E-state index in [1.54, 1.807) is 6.08 Å². The Labute approximate surface area is 102 Å². The molecule has 2 nitrogen and oxygen atoms in total. The molecular weight excluding hydrogens is 216 g/mol. The molecule has 0 amide bonds. The zero-order valence-corrected chi connectivity index (χ0v) is 12.5. The highest BCUT2D eigenvalue weighted by Gasteiger charge is 2.31. The normalized spacial score (nSPS) is 16.6. The van der Waals surface area contributed by atoms with Gasteiger partial charge in [0.05, 0.1) is 6.61 Å².